The Bertz CT molecular complexity index is 775. The number of nitrogens with zero attached hydrogens (tertiary/aromatic N) is 4. The Kier molecular flexibility index (Phi) is 3.44. The minimum Gasteiger partial charge on any atom is -0.366 e. The molecule has 1 saturated heterocycles. The van der Waals surface area contributed by atoms with Crippen LogP contribution in [0.25, 0.3) is 16.9 Å². The lowest BCUT2D eigenvalue weighted by Gasteiger charge is -2.24. The minimum absolute atomic E-state index is 0.431. The van der Waals surface area contributed by atoms with E-state index in [1.54, 1.807) is 6.20 Å². The van der Waals surface area contributed by atoms with Gasteiger partial charge in [-0.3, -0.25) is 0 Å². The molecule has 112 valence electrons. The summed E-state index contributed by atoms with van der Waals surface area (Å²) in [5.74, 6) is 1.57. The summed E-state index contributed by atoms with van der Waals surface area (Å²) < 4.78 is 1.84. The number of pyridine rings is 1. The Morgan fingerprint density at radius 1 is 1.27 bits per heavy atom. The molecule has 0 saturated carbocycles. The predicted octanol–water partition coefficient (Wildman–Crippen LogP) is 1.96. The Balaban J connectivity index is 1.63. The second-order valence-corrected chi connectivity index (χ2v) is 5.54. The van der Waals surface area contributed by atoms with Crippen LogP contribution in [0.2, 0.25) is 0 Å². The molecule has 0 radical (unpaired) electrons. The van der Waals surface area contributed by atoms with Crippen molar-refractivity contribution in [3.63, 3.8) is 0 Å². The number of anilines is 1. The smallest absolute Gasteiger partial charge is 0.165 e. The second-order valence-electron chi connectivity index (χ2n) is 5.54. The van der Waals surface area contributed by atoms with Gasteiger partial charge >= 0.3 is 0 Å². The van der Waals surface area contributed by atoms with Crippen molar-refractivity contribution in [1.82, 2.24) is 24.9 Å². The molecule has 1 atom stereocenters. The second kappa shape index (κ2) is 5.73. The van der Waals surface area contributed by atoms with E-state index in [0.29, 0.717) is 11.9 Å². The zero-order valence-electron chi connectivity index (χ0n) is 12.2. The number of aromatic nitrogens is 4. The zero-order valence-corrected chi connectivity index (χ0v) is 12.2. The highest BCUT2D eigenvalue weighted by Gasteiger charge is 2.14. The average Bonchev–Trinajstić information content (AvgIpc) is 3.00. The molecule has 1 aliphatic rings. The van der Waals surface area contributed by atoms with Crippen molar-refractivity contribution in [3.8, 4) is 11.4 Å². The maximum Gasteiger partial charge on any atom is 0.165 e. The van der Waals surface area contributed by atoms with Gasteiger partial charge in [0.2, 0.25) is 0 Å². The summed E-state index contributed by atoms with van der Waals surface area (Å²) in [5, 5.41) is 11.2. The van der Waals surface area contributed by atoms with E-state index < -0.39 is 0 Å². The van der Waals surface area contributed by atoms with Crippen molar-refractivity contribution in [1.29, 1.82) is 0 Å². The number of fused-ring (bicyclic) bond motifs is 1. The van der Waals surface area contributed by atoms with Crippen LogP contribution >= 0.6 is 0 Å². The van der Waals surface area contributed by atoms with Gasteiger partial charge in [-0.15, -0.1) is 0 Å². The van der Waals surface area contributed by atoms with Gasteiger partial charge in [0, 0.05) is 25.0 Å². The van der Waals surface area contributed by atoms with Crippen molar-refractivity contribution >= 4 is 11.3 Å². The highest BCUT2D eigenvalue weighted by Crippen LogP contribution is 2.22. The summed E-state index contributed by atoms with van der Waals surface area (Å²) in [4.78, 5) is 9.06. The fraction of sp³-hybridized carbons (Fsp3) is 0.312. The van der Waals surface area contributed by atoms with Crippen LogP contribution < -0.4 is 10.6 Å². The fourth-order valence-electron chi connectivity index (χ4n) is 2.86. The summed E-state index contributed by atoms with van der Waals surface area (Å²) in [7, 11) is 0. The molecule has 3 aromatic rings. The quantitative estimate of drug-likeness (QED) is 0.773. The summed E-state index contributed by atoms with van der Waals surface area (Å²) >= 11 is 0. The molecule has 0 spiro atoms. The number of hydrogen-bond acceptors (Lipinski definition) is 5. The average molecular weight is 294 g/mol. The van der Waals surface area contributed by atoms with Crippen LogP contribution in [-0.4, -0.2) is 38.7 Å². The molecule has 0 amide bonds. The van der Waals surface area contributed by atoms with Gasteiger partial charge in [0.1, 0.15) is 5.82 Å². The molecular weight excluding hydrogens is 276 g/mol. The first-order valence-corrected chi connectivity index (χ1v) is 7.63. The number of nitrogens with one attached hydrogen (secondary N) is 2. The molecule has 0 aromatic carbocycles. The Labute approximate surface area is 128 Å². The molecule has 0 aliphatic carbocycles. The first-order chi connectivity index (χ1) is 10.9. The van der Waals surface area contributed by atoms with E-state index in [2.05, 4.69) is 25.7 Å². The molecular formula is C16H18N6. The van der Waals surface area contributed by atoms with Gasteiger partial charge in [-0.2, -0.15) is 5.10 Å². The highest BCUT2D eigenvalue weighted by atomic mass is 15.2. The first kappa shape index (κ1) is 13.2. The van der Waals surface area contributed by atoms with Crippen LogP contribution in [0.3, 0.4) is 0 Å². The van der Waals surface area contributed by atoms with Gasteiger partial charge in [-0.1, -0.05) is 6.07 Å². The molecule has 0 bridgehead atoms. The van der Waals surface area contributed by atoms with E-state index in [-0.39, 0.29) is 0 Å². The summed E-state index contributed by atoms with van der Waals surface area (Å²) in [5.41, 5.74) is 1.96. The molecule has 1 aliphatic heterocycles. The first-order valence-electron chi connectivity index (χ1n) is 7.63. The molecule has 1 unspecified atom stereocenters. The minimum atomic E-state index is 0.431. The lowest BCUT2D eigenvalue weighted by atomic mass is 10.1. The maximum absolute atomic E-state index is 4.66. The van der Waals surface area contributed by atoms with Gasteiger partial charge in [0.15, 0.2) is 5.82 Å². The Morgan fingerprint density at radius 2 is 2.27 bits per heavy atom. The van der Waals surface area contributed by atoms with E-state index in [0.717, 1.165) is 30.0 Å². The van der Waals surface area contributed by atoms with E-state index >= 15 is 0 Å². The Morgan fingerprint density at radius 3 is 3.18 bits per heavy atom. The van der Waals surface area contributed by atoms with Crippen molar-refractivity contribution in [3.05, 3.63) is 42.9 Å². The van der Waals surface area contributed by atoms with Crippen LogP contribution in [-0.2, 0) is 0 Å². The molecule has 4 rings (SSSR count). The van der Waals surface area contributed by atoms with Crippen molar-refractivity contribution in [2.45, 2.75) is 18.9 Å². The van der Waals surface area contributed by atoms with Gasteiger partial charge in [-0.05, 0) is 37.6 Å². The van der Waals surface area contributed by atoms with Gasteiger partial charge in [0.25, 0.3) is 0 Å². The lowest BCUT2D eigenvalue weighted by molar-refractivity contribution is 0.479. The van der Waals surface area contributed by atoms with Crippen molar-refractivity contribution < 1.29 is 0 Å². The van der Waals surface area contributed by atoms with E-state index in [9.17, 15) is 0 Å². The SMILES string of the molecule is c1ccn2ncc(-c3nccc(NC4CCCNC4)n3)c2c1. The fourth-order valence-corrected chi connectivity index (χ4v) is 2.86. The topological polar surface area (TPSA) is 67.1 Å². The van der Waals surface area contributed by atoms with Crippen LogP contribution in [0.4, 0.5) is 5.82 Å². The van der Waals surface area contributed by atoms with Gasteiger partial charge < -0.3 is 10.6 Å². The number of hydrogen-bond donors (Lipinski definition) is 2. The van der Waals surface area contributed by atoms with Crippen molar-refractivity contribution in [2.75, 3.05) is 18.4 Å². The molecule has 2 N–H and O–H groups in total. The predicted molar refractivity (Wildman–Crippen MR) is 85.7 cm³/mol. The van der Waals surface area contributed by atoms with Gasteiger partial charge in [-0.25, -0.2) is 14.5 Å². The number of piperidine rings is 1. The third kappa shape index (κ3) is 2.53. The van der Waals surface area contributed by atoms with E-state index in [1.807, 2.05) is 41.2 Å². The zero-order chi connectivity index (χ0) is 14.8. The van der Waals surface area contributed by atoms with Crippen molar-refractivity contribution in [2.24, 2.45) is 0 Å². The summed E-state index contributed by atoms with van der Waals surface area (Å²) in [6, 6.07) is 8.33. The molecule has 22 heavy (non-hydrogen) atoms. The molecule has 3 aromatic heterocycles. The van der Waals surface area contributed by atoms with Crippen LogP contribution in [0, 0.1) is 0 Å². The van der Waals surface area contributed by atoms with Crippen LogP contribution in [0.5, 0.6) is 0 Å². The summed E-state index contributed by atoms with van der Waals surface area (Å²) in [6.45, 7) is 2.09. The highest BCUT2D eigenvalue weighted by molar-refractivity contribution is 5.75. The molecule has 1 fully saturated rings. The van der Waals surface area contributed by atoms with Crippen LogP contribution in [0.15, 0.2) is 42.9 Å². The Hall–Kier alpha value is -2.47. The lowest BCUT2D eigenvalue weighted by Crippen LogP contribution is -2.38. The van der Waals surface area contributed by atoms with Crippen LogP contribution in [0.1, 0.15) is 12.8 Å². The normalized spacial score (nSPS) is 18.5. The monoisotopic (exact) mass is 294 g/mol. The van der Waals surface area contributed by atoms with Gasteiger partial charge in [0.05, 0.1) is 17.3 Å². The number of rotatable bonds is 3. The van der Waals surface area contributed by atoms with E-state index in [1.165, 1.54) is 12.8 Å². The third-order valence-corrected chi connectivity index (χ3v) is 3.97. The maximum atomic E-state index is 4.66. The largest absolute Gasteiger partial charge is 0.366 e. The standard InChI is InChI=1S/C16H18N6/c1-2-9-22-14(5-1)13(11-19-22)16-18-8-6-15(21-16)20-12-4-3-7-17-10-12/h1-2,5-6,8-9,11-12,17H,3-4,7,10H2,(H,18,20,21). The molecule has 4 heterocycles. The summed E-state index contributed by atoms with van der Waals surface area (Å²) in [6.07, 6.45) is 7.91. The molecule has 6 heteroatoms. The molecule has 6 nitrogen and oxygen atoms in total. The third-order valence-electron chi connectivity index (χ3n) is 3.97. The van der Waals surface area contributed by atoms with E-state index in [4.69, 9.17) is 0 Å².